The zero-order chi connectivity index (χ0) is 15.4. The minimum Gasteiger partial charge on any atom is -0.317 e. The topological polar surface area (TPSA) is 30.2 Å². The third-order valence-electron chi connectivity index (χ3n) is 4.25. The molecule has 0 fully saturated rings. The number of aromatic nitrogens is 2. The first-order chi connectivity index (χ1) is 10.8. The van der Waals surface area contributed by atoms with Gasteiger partial charge in [0.15, 0.2) is 0 Å². The predicted molar refractivity (Wildman–Crippen MR) is 90.7 cm³/mol. The van der Waals surface area contributed by atoms with E-state index in [0.717, 1.165) is 50.0 Å². The van der Waals surface area contributed by atoms with Crippen molar-refractivity contribution in [2.45, 2.75) is 52.5 Å². The van der Waals surface area contributed by atoms with Crippen LogP contribution in [0, 0.1) is 0 Å². The van der Waals surface area contributed by atoms with Crippen molar-refractivity contribution in [1.29, 1.82) is 0 Å². The third-order valence-corrected chi connectivity index (χ3v) is 4.25. The number of aryl methyl sites for hydroxylation is 2. The van der Waals surface area contributed by atoms with Crippen LogP contribution in [0.1, 0.15) is 44.2 Å². The first kappa shape index (κ1) is 15.0. The first-order valence-electron chi connectivity index (χ1n) is 8.52. The van der Waals surface area contributed by atoms with E-state index in [4.69, 9.17) is 9.98 Å². The molecule has 0 unspecified atom stereocenters. The predicted octanol–water partition coefficient (Wildman–Crippen LogP) is 3.76. The Morgan fingerprint density at radius 2 is 2.00 bits per heavy atom. The highest BCUT2D eigenvalue weighted by Crippen LogP contribution is 2.28. The number of fused-ring (bicyclic) bond motifs is 3. The molecule has 3 heteroatoms. The number of benzene rings is 1. The van der Waals surface area contributed by atoms with Gasteiger partial charge >= 0.3 is 0 Å². The molecule has 22 heavy (non-hydrogen) atoms. The molecule has 0 saturated heterocycles. The Bertz CT molecular complexity index is 713. The molecule has 3 nitrogen and oxygen atoms in total. The van der Waals surface area contributed by atoms with E-state index in [1.54, 1.807) is 0 Å². The summed E-state index contributed by atoms with van der Waals surface area (Å²) in [6.45, 7) is 6.27. The summed E-state index contributed by atoms with van der Waals surface area (Å²) in [5.41, 5.74) is 6.37. The molecular formula is C19H25N3. The van der Waals surface area contributed by atoms with Crippen molar-refractivity contribution < 1.29 is 0 Å². The van der Waals surface area contributed by atoms with Crippen LogP contribution in [0.4, 0.5) is 0 Å². The lowest BCUT2D eigenvalue weighted by molar-refractivity contribution is 0.612. The van der Waals surface area contributed by atoms with Crippen molar-refractivity contribution in [2.75, 3.05) is 6.54 Å². The molecule has 0 spiro atoms. The van der Waals surface area contributed by atoms with Gasteiger partial charge in [-0.15, -0.1) is 0 Å². The lowest BCUT2D eigenvalue weighted by atomic mass is 10.0. The van der Waals surface area contributed by atoms with Gasteiger partial charge in [-0.1, -0.05) is 38.1 Å². The standard InChI is InChI=1S/C19H25N3/c1-3-12-20-19-17-11-7-9-15-8-5-6-10-16(15)18(17)21-14-22(19)13-4-2/h5-6,8,10,14H,3-4,7,9,11-13H2,1-2H3. The van der Waals surface area contributed by atoms with Crippen molar-refractivity contribution in [1.82, 2.24) is 9.55 Å². The molecule has 0 bridgehead atoms. The molecule has 0 N–H and O–H groups in total. The summed E-state index contributed by atoms with van der Waals surface area (Å²) in [5, 5.41) is 0. The number of hydrogen-bond donors (Lipinski definition) is 0. The van der Waals surface area contributed by atoms with E-state index in [0.29, 0.717) is 0 Å². The van der Waals surface area contributed by atoms with Crippen molar-refractivity contribution in [3.05, 3.63) is 47.2 Å². The molecule has 0 aliphatic heterocycles. The van der Waals surface area contributed by atoms with Gasteiger partial charge in [0.1, 0.15) is 5.49 Å². The molecule has 0 amide bonds. The Balaban J connectivity index is 2.22. The van der Waals surface area contributed by atoms with E-state index in [9.17, 15) is 0 Å². The maximum Gasteiger partial charge on any atom is 0.134 e. The molecule has 0 radical (unpaired) electrons. The highest BCUT2D eigenvalue weighted by atomic mass is 15.1. The number of rotatable bonds is 4. The highest BCUT2D eigenvalue weighted by Gasteiger charge is 2.17. The van der Waals surface area contributed by atoms with Gasteiger partial charge in [0.2, 0.25) is 0 Å². The van der Waals surface area contributed by atoms with E-state index in [1.165, 1.54) is 23.1 Å². The minimum atomic E-state index is 0.891. The molecule has 2 aromatic rings. The molecular weight excluding hydrogens is 270 g/mol. The second-order valence-corrected chi connectivity index (χ2v) is 5.98. The monoisotopic (exact) mass is 295 g/mol. The van der Waals surface area contributed by atoms with Crippen LogP contribution in [0.2, 0.25) is 0 Å². The van der Waals surface area contributed by atoms with Gasteiger partial charge < -0.3 is 4.57 Å². The summed E-state index contributed by atoms with van der Waals surface area (Å²) < 4.78 is 2.24. The van der Waals surface area contributed by atoms with Crippen LogP contribution in [0.15, 0.2) is 35.6 Å². The molecule has 1 aromatic heterocycles. The molecule has 1 aromatic carbocycles. The Morgan fingerprint density at radius 3 is 2.82 bits per heavy atom. The van der Waals surface area contributed by atoms with Crippen molar-refractivity contribution in [3.63, 3.8) is 0 Å². The molecule has 1 aliphatic carbocycles. The smallest absolute Gasteiger partial charge is 0.134 e. The van der Waals surface area contributed by atoms with Gasteiger partial charge in [-0.25, -0.2) is 4.98 Å². The summed E-state index contributed by atoms with van der Waals surface area (Å²) >= 11 is 0. The van der Waals surface area contributed by atoms with E-state index in [1.807, 2.05) is 6.33 Å². The zero-order valence-electron chi connectivity index (χ0n) is 13.7. The van der Waals surface area contributed by atoms with E-state index < -0.39 is 0 Å². The van der Waals surface area contributed by atoms with Crippen LogP contribution in [-0.2, 0) is 19.4 Å². The van der Waals surface area contributed by atoms with Crippen LogP contribution in [0.25, 0.3) is 11.3 Å². The van der Waals surface area contributed by atoms with E-state index in [-0.39, 0.29) is 0 Å². The second-order valence-electron chi connectivity index (χ2n) is 5.98. The van der Waals surface area contributed by atoms with E-state index in [2.05, 4.69) is 42.7 Å². The summed E-state index contributed by atoms with van der Waals surface area (Å²) in [6.07, 6.45) is 7.56. The zero-order valence-corrected chi connectivity index (χ0v) is 13.7. The summed E-state index contributed by atoms with van der Waals surface area (Å²) in [5.74, 6) is 0. The molecule has 1 heterocycles. The van der Waals surface area contributed by atoms with E-state index >= 15 is 0 Å². The van der Waals surface area contributed by atoms with Gasteiger partial charge in [-0.05, 0) is 37.7 Å². The average molecular weight is 295 g/mol. The molecule has 0 saturated carbocycles. The Hall–Kier alpha value is -1.90. The van der Waals surface area contributed by atoms with Crippen molar-refractivity contribution >= 4 is 0 Å². The van der Waals surface area contributed by atoms with Crippen LogP contribution in [-0.4, -0.2) is 16.1 Å². The summed E-state index contributed by atoms with van der Waals surface area (Å²) in [4.78, 5) is 9.70. The van der Waals surface area contributed by atoms with Crippen molar-refractivity contribution in [2.24, 2.45) is 4.99 Å². The van der Waals surface area contributed by atoms with Gasteiger partial charge in [0, 0.05) is 24.2 Å². The third kappa shape index (κ3) is 2.85. The SMILES string of the molecule is CCCN=c1c2c(ncn1CCC)-c1ccccc1CCC2. The molecule has 1 aliphatic rings. The molecule has 0 atom stereocenters. The fourth-order valence-corrected chi connectivity index (χ4v) is 3.24. The second kappa shape index (κ2) is 6.91. The highest BCUT2D eigenvalue weighted by molar-refractivity contribution is 5.67. The fourth-order valence-electron chi connectivity index (χ4n) is 3.24. The van der Waals surface area contributed by atoms with Crippen LogP contribution >= 0.6 is 0 Å². The van der Waals surface area contributed by atoms with Gasteiger partial charge in [-0.3, -0.25) is 4.99 Å². The Morgan fingerprint density at radius 1 is 1.14 bits per heavy atom. The summed E-state index contributed by atoms with van der Waals surface area (Å²) in [7, 11) is 0. The maximum atomic E-state index is 4.89. The lowest BCUT2D eigenvalue weighted by Gasteiger charge is -2.13. The first-order valence-corrected chi connectivity index (χ1v) is 8.52. The fraction of sp³-hybridized carbons (Fsp3) is 0.474. The van der Waals surface area contributed by atoms with Gasteiger partial charge in [-0.2, -0.15) is 0 Å². The van der Waals surface area contributed by atoms with Crippen LogP contribution in [0.3, 0.4) is 0 Å². The molecule has 116 valence electrons. The number of nitrogens with zero attached hydrogens (tertiary/aromatic N) is 3. The van der Waals surface area contributed by atoms with Gasteiger partial charge in [0.05, 0.1) is 12.0 Å². The lowest BCUT2D eigenvalue weighted by Crippen LogP contribution is -2.27. The number of hydrogen-bond acceptors (Lipinski definition) is 2. The molecule has 3 rings (SSSR count). The Kier molecular flexibility index (Phi) is 4.71. The normalized spacial score (nSPS) is 14.4. The average Bonchev–Trinajstić information content (AvgIpc) is 2.73. The quantitative estimate of drug-likeness (QED) is 0.844. The van der Waals surface area contributed by atoms with Crippen LogP contribution < -0.4 is 5.49 Å². The minimum absolute atomic E-state index is 0.891. The van der Waals surface area contributed by atoms with Crippen molar-refractivity contribution in [3.8, 4) is 11.3 Å². The summed E-state index contributed by atoms with van der Waals surface area (Å²) in [6, 6.07) is 8.69. The maximum absolute atomic E-state index is 4.89. The van der Waals surface area contributed by atoms with Gasteiger partial charge in [0.25, 0.3) is 0 Å². The Labute approximate surface area is 132 Å². The largest absolute Gasteiger partial charge is 0.317 e. The van der Waals surface area contributed by atoms with Crippen LogP contribution in [0.5, 0.6) is 0 Å².